The van der Waals surface area contributed by atoms with Crippen molar-refractivity contribution in [2.24, 2.45) is 0 Å². The van der Waals surface area contributed by atoms with Crippen LogP contribution in [0.25, 0.3) is 0 Å². The Morgan fingerprint density at radius 2 is 2.00 bits per heavy atom. The maximum Gasteiger partial charge on any atom is 0.255 e. The highest BCUT2D eigenvalue weighted by Crippen LogP contribution is 2.23. The molecule has 5 heteroatoms. The molecule has 0 aliphatic carbocycles. The molecule has 1 aromatic rings. The van der Waals surface area contributed by atoms with Crippen molar-refractivity contribution in [2.75, 3.05) is 5.33 Å². The number of amides is 1. The maximum atomic E-state index is 13.7. The molecule has 0 radical (unpaired) electrons. The van der Waals surface area contributed by atoms with Gasteiger partial charge in [-0.15, -0.1) is 0 Å². The number of hydrogen-bond donors (Lipinski definition) is 1. The van der Waals surface area contributed by atoms with Crippen molar-refractivity contribution >= 4 is 37.8 Å². The lowest BCUT2D eigenvalue weighted by atomic mass is 9.95. The average molecular weight is 381 g/mol. The monoisotopic (exact) mass is 379 g/mol. The number of carbonyl (C=O) groups excluding carboxylic acids is 1. The fourth-order valence-corrected chi connectivity index (χ4v) is 3.12. The van der Waals surface area contributed by atoms with Crippen LogP contribution in [0.5, 0.6) is 0 Å². The summed E-state index contributed by atoms with van der Waals surface area (Å²) in [4.78, 5) is 12.2. The van der Waals surface area contributed by atoms with Gasteiger partial charge in [-0.1, -0.05) is 35.8 Å². The highest BCUT2D eigenvalue weighted by molar-refractivity contribution is 9.10. The van der Waals surface area contributed by atoms with Crippen LogP contribution in [0.15, 0.2) is 22.7 Å². The molecule has 0 spiro atoms. The second-order valence-corrected chi connectivity index (χ2v) is 5.59. The van der Waals surface area contributed by atoms with Crippen molar-refractivity contribution in [3.63, 3.8) is 0 Å². The van der Waals surface area contributed by atoms with Crippen LogP contribution >= 0.6 is 31.9 Å². The highest BCUT2D eigenvalue weighted by atomic mass is 79.9. The Labute approximate surface area is 124 Å². The second-order valence-electron chi connectivity index (χ2n) is 4.17. The normalized spacial score (nSPS) is 11.4. The van der Waals surface area contributed by atoms with Crippen LogP contribution in [0.2, 0.25) is 0 Å². The molecule has 2 nitrogen and oxygen atoms in total. The molecule has 0 unspecified atom stereocenters. The predicted octanol–water partition coefficient (Wildman–Crippen LogP) is 4.27. The first-order valence-corrected chi connectivity index (χ1v) is 7.73. The quantitative estimate of drug-likeness (QED) is 0.759. The van der Waals surface area contributed by atoms with Crippen LogP contribution in [-0.2, 0) is 0 Å². The first kappa shape index (κ1) is 15.6. The van der Waals surface area contributed by atoms with E-state index in [1.165, 1.54) is 6.07 Å². The molecule has 0 saturated heterocycles. The lowest BCUT2D eigenvalue weighted by Crippen LogP contribution is -2.49. The molecule has 0 aliphatic heterocycles. The number of rotatable bonds is 5. The molecule has 0 aliphatic rings. The smallest absolute Gasteiger partial charge is 0.255 e. The van der Waals surface area contributed by atoms with E-state index in [-0.39, 0.29) is 17.0 Å². The standard InChI is InChI=1S/C13H16Br2FNO/c1-3-13(4-2,8-14)17-12(18)11-9(15)6-5-7-10(11)16/h5-7H,3-4,8H2,1-2H3,(H,17,18). The summed E-state index contributed by atoms with van der Waals surface area (Å²) in [5.41, 5.74) is -0.275. The topological polar surface area (TPSA) is 29.1 Å². The average Bonchev–Trinajstić information content (AvgIpc) is 2.36. The Hall–Kier alpha value is -0.420. The third kappa shape index (κ3) is 3.32. The van der Waals surface area contributed by atoms with Gasteiger partial charge in [0.15, 0.2) is 0 Å². The number of hydrogen-bond acceptors (Lipinski definition) is 1. The fraction of sp³-hybridized carbons (Fsp3) is 0.462. The Morgan fingerprint density at radius 1 is 1.39 bits per heavy atom. The largest absolute Gasteiger partial charge is 0.346 e. The summed E-state index contributed by atoms with van der Waals surface area (Å²) in [7, 11) is 0. The van der Waals surface area contributed by atoms with E-state index in [2.05, 4.69) is 37.2 Å². The van der Waals surface area contributed by atoms with Gasteiger partial charge < -0.3 is 5.32 Å². The van der Waals surface area contributed by atoms with Gasteiger partial charge in [0.1, 0.15) is 5.82 Å². The van der Waals surface area contributed by atoms with Gasteiger partial charge in [0, 0.05) is 15.3 Å². The lowest BCUT2D eigenvalue weighted by molar-refractivity contribution is 0.0898. The predicted molar refractivity (Wildman–Crippen MR) is 78.7 cm³/mol. The van der Waals surface area contributed by atoms with E-state index in [9.17, 15) is 9.18 Å². The fourth-order valence-electron chi connectivity index (χ4n) is 1.67. The van der Waals surface area contributed by atoms with E-state index >= 15 is 0 Å². The Balaban J connectivity index is 3.02. The van der Waals surface area contributed by atoms with Crippen LogP contribution < -0.4 is 5.32 Å². The van der Waals surface area contributed by atoms with Crippen LogP contribution in [0.4, 0.5) is 4.39 Å². The summed E-state index contributed by atoms with van der Waals surface area (Å²) in [6.45, 7) is 4.00. The van der Waals surface area contributed by atoms with Crippen molar-refractivity contribution in [3.05, 3.63) is 34.1 Å². The van der Waals surface area contributed by atoms with Gasteiger partial charge in [-0.2, -0.15) is 0 Å². The van der Waals surface area contributed by atoms with Crippen molar-refractivity contribution < 1.29 is 9.18 Å². The van der Waals surface area contributed by atoms with E-state index in [1.807, 2.05) is 13.8 Å². The van der Waals surface area contributed by atoms with Crippen molar-refractivity contribution in [1.82, 2.24) is 5.32 Å². The molecule has 1 N–H and O–H groups in total. The molecular formula is C13H16Br2FNO. The number of carbonyl (C=O) groups is 1. The van der Waals surface area contributed by atoms with Crippen LogP contribution in [-0.4, -0.2) is 16.8 Å². The van der Waals surface area contributed by atoms with Gasteiger partial charge >= 0.3 is 0 Å². The van der Waals surface area contributed by atoms with E-state index < -0.39 is 5.82 Å². The highest BCUT2D eigenvalue weighted by Gasteiger charge is 2.28. The van der Waals surface area contributed by atoms with Crippen molar-refractivity contribution in [1.29, 1.82) is 0 Å². The molecule has 1 amide bonds. The molecular weight excluding hydrogens is 365 g/mol. The first-order valence-electron chi connectivity index (χ1n) is 5.82. The Morgan fingerprint density at radius 3 is 2.44 bits per heavy atom. The molecule has 0 atom stereocenters. The molecule has 1 aromatic carbocycles. The zero-order valence-corrected chi connectivity index (χ0v) is 13.6. The van der Waals surface area contributed by atoms with Gasteiger partial charge in [-0.25, -0.2) is 4.39 Å². The van der Waals surface area contributed by atoms with Gasteiger partial charge in [-0.3, -0.25) is 4.79 Å². The third-order valence-corrected chi connectivity index (χ3v) is 4.91. The molecule has 0 bridgehead atoms. The second kappa shape index (κ2) is 6.66. The summed E-state index contributed by atoms with van der Waals surface area (Å²) in [6, 6.07) is 4.51. The Kier molecular flexibility index (Phi) is 5.79. The van der Waals surface area contributed by atoms with Gasteiger partial charge in [0.05, 0.1) is 5.56 Å². The van der Waals surface area contributed by atoms with Gasteiger partial charge in [0.2, 0.25) is 0 Å². The van der Waals surface area contributed by atoms with Gasteiger partial charge in [0.25, 0.3) is 5.91 Å². The Bertz CT molecular complexity index is 404. The first-order chi connectivity index (χ1) is 8.49. The van der Waals surface area contributed by atoms with E-state index in [1.54, 1.807) is 12.1 Å². The molecule has 18 heavy (non-hydrogen) atoms. The summed E-state index contributed by atoms with van der Waals surface area (Å²) in [6.07, 6.45) is 1.57. The summed E-state index contributed by atoms with van der Waals surface area (Å²) in [5, 5.41) is 3.57. The lowest BCUT2D eigenvalue weighted by Gasteiger charge is -2.31. The number of nitrogens with one attached hydrogen (secondary N) is 1. The minimum Gasteiger partial charge on any atom is -0.346 e. The zero-order chi connectivity index (χ0) is 13.8. The van der Waals surface area contributed by atoms with Crippen molar-refractivity contribution in [3.8, 4) is 0 Å². The van der Waals surface area contributed by atoms with Gasteiger partial charge in [-0.05, 0) is 40.9 Å². The minimum absolute atomic E-state index is 0.0599. The van der Waals surface area contributed by atoms with Crippen LogP contribution in [0, 0.1) is 5.82 Å². The maximum absolute atomic E-state index is 13.7. The summed E-state index contributed by atoms with van der Waals surface area (Å²) < 4.78 is 14.2. The van der Waals surface area contributed by atoms with E-state index in [4.69, 9.17) is 0 Å². The third-order valence-electron chi connectivity index (χ3n) is 3.18. The summed E-state index contributed by atoms with van der Waals surface area (Å²) >= 11 is 6.62. The number of halogens is 3. The molecule has 0 aromatic heterocycles. The molecule has 1 rings (SSSR count). The summed E-state index contributed by atoms with van der Waals surface area (Å²) in [5.74, 6) is -0.902. The minimum atomic E-state index is -0.516. The zero-order valence-electron chi connectivity index (χ0n) is 10.4. The number of benzene rings is 1. The molecule has 0 heterocycles. The molecule has 100 valence electrons. The van der Waals surface area contributed by atoms with E-state index in [0.29, 0.717) is 9.80 Å². The van der Waals surface area contributed by atoms with Crippen LogP contribution in [0.3, 0.4) is 0 Å². The van der Waals surface area contributed by atoms with Crippen LogP contribution in [0.1, 0.15) is 37.0 Å². The molecule has 0 saturated carbocycles. The molecule has 0 fully saturated rings. The SMILES string of the molecule is CCC(CC)(CBr)NC(=O)c1c(F)cccc1Br. The number of alkyl halides is 1. The van der Waals surface area contributed by atoms with E-state index in [0.717, 1.165) is 12.8 Å². The van der Waals surface area contributed by atoms with Crippen molar-refractivity contribution in [2.45, 2.75) is 32.2 Å².